The molecule has 0 aliphatic rings. The molecule has 10 heteroatoms. The molecule has 0 radical (unpaired) electrons. The maximum absolute atomic E-state index is 13.3. The van der Waals surface area contributed by atoms with E-state index in [2.05, 4.69) is 26.2 Å². The van der Waals surface area contributed by atoms with E-state index in [0.29, 0.717) is 23.0 Å². The first-order valence-electron chi connectivity index (χ1n) is 9.49. The molecule has 160 valence electrons. The van der Waals surface area contributed by atoms with Gasteiger partial charge in [0.15, 0.2) is 5.82 Å². The summed E-state index contributed by atoms with van der Waals surface area (Å²) in [5.41, 5.74) is 1.71. The molecule has 0 atom stereocenters. The number of amides is 2. The minimum absolute atomic E-state index is 0.116. The summed E-state index contributed by atoms with van der Waals surface area (Å²) in [5.74, 6) is 0.0797. The zero-order chi connectivity index (χ0) is 22.5. The topological polar surface area (TPSA) is 115 Å². The Morgan fingerprint density at radius 2 is 1.88 bits per heavy atom. The number of halogens is 1. The highest BCUT2D eigenvalue weighted by molar-refractivity contribution is 6.35. The summed E-state index contributed by atoms with van der Waals surface area (Å²) in [7, 11) is 0. The molecule has 32 heavy (non-hydrogen) atoms. The van der Waals surface area contributed by atoms with Gasteiger partial charge >= 0.3 is 0 Å². The number of carbonyl (C=O) groups excluding carboxylic acids is 2. The first-order valence-corrected chi connectivity index (χ1v) is 9.87. The molecule has 2 heterocycles. The van der Waals surface area contributed by atoms with Crippen LogP contribution in [0.5, 0.6) is 0 Å². The van der Waals surface area contributed by atoms with Crippen LogP contribution in [0.3, 0.4) is 0 Å². The predicted molar refractivity (Wildman–Crippen MR) is 121 cm³/mol. The Kier molecular flexibility index (Phi) is 6.09. The maximum atomic E-state index is 13.3. The zero-order valence-corrected chi connectivity index (χ0v) is 17.6. The van der Waals surface area contributed by atoms with Crippen molar-refractivity contribution in [3.05, 3.63) is 77.7 Å². The van der Waals surface area contributed by atoms with Gasteiger partial charge in [0.05, 0.1) is 17.0 Å². The van der Waals surface area contributed by atoms with E-state index in [-0.39, 0.29) is 16.6 Å². The van der Waals surface area contributed by atoms with Gasteiger partial charge in [-0.2, -0.15) is 4.68 Å². The van der Waals surface area contributed by atoms with Crippen molar-refractivity contribution in [2.75, 3.05) is 10.6 Å². The lowest BCUT2D eigenvalue weighted by molar-refractivity contribution is -0.114. The molecule has 2 aromatic carbocycles. The van der Waals surface area contributed by atoms with E-state index >= 15 is 0 Å². The van der Waals surface area contributed by atoms with Gasteiger partial charge in [0.25, 0.3) is 5.91 Å². The largest absolute Gasteiger partial charge is 0.465 e. The number of benzene rings is 2. The van der Waals surface area contributed by atoms with Gasteiger partial charge in [-0.05, 0) is 40.8 Å². The lowest BCUT2D eigenvalue weighted by Crippen LogP contribution is -2.19. The molecule has 2 aromatic heterocycles. The molecule has 0 saturated carbocycles. The van der Waals surface area contributed by atoms with Crippen molar-refractivity contribution >= 4 is 46.6 Å². The van der Waals surface area contributed by atoms with Crippen LogP contribution in [0.2, 0.25) is 5.02 Å². The minimum Gasteiger partial charge on any atom is -0.465 e. The number of hydrogen-bond donors (Lipinski definition) is 2. The van der Waals surface area contributed by atoms with Crippen molar-refractivity contribution in [1.82, 2.24) is 20.2 Å². The van der Waals surface area contributed by atoms with Gasteiger partial charge in [0, 0.05) is 24.3 Å². The molecule has 0 saturated heterocycles. The van der Waals surface area contributed by atoms with Crippen molar-refractivity contribution in [3.8, 4) is 11.4 Å². The molecular weight excluding hydrogens is 432 g/mol. The number of rotatable bonds is 6. The summed E-state index contributed by atoms with van der Waals surface area (Å²) in [6, 6.07) is 17.4. The van der Waals surface area contributed by atoms with Crippen molar-refractivity contribution in [3.63, 3.8) is 0 Å². The first-order chi connectivity index (χ1) is 15.5. The van der Waals surface area contributed by atoms with Crippen molar-refractivity contribution < 1.29 is 14.0 Å². The number of tetrazole rings is 1. The Balaban J connectivity index is 1.70. The van der Waals surface area contributed by atoms with Crippen LogP contribution in [0.25, 0.3) is 23.2 Å². The number of hydrogen-bond acceptors (Lipinski definition) is 6. The number of carbonyl (C=O) groups is 2. The van der Waals surface area contributed by atoms with E-state index in [1.54, 1.807) is 30.3 Å². The third-order valence-corrected chi connectivity index (χ3v) is 4.63. The van der Waals surface area contributed by atoms with E-state index in [1.807, 2.05) is 30.3 Å². The van der Waals surface area contributed by atoms with Gasteiger partial charge in [0.2, 0.25) is 5.91 Å². The second-order valence-corrected chi connectivity index (χ2v) is 7.06. The first kappa shape index (κ1) is 21.0. The fourth-order valence-corrected chi connectivity index (χ4v) is 3.16. The summed E-state index contributed by atoms with van der Waals surface area (Å²) in [6.45, 7) is 1.39. The average molecular weight is 449 g/mol. The van der Waals surface area contributed by atoms with E-state index in [4.69, 9.17) is 16.0 Å². The minimum atomic E-state index is -0.514. The van der Waals surface area contributed by atoms with Crippen molar-refractivity contribution in [2.45, 2.75) is 6.92 Å². The normalized spacial score (nSPS) is 11.2. The van der Waals surface area contributed by atoms with Crippen LogP contribution in [0, 0.1) is 0 Å². The molecule has 2 N–H and O–H groups in total. The van der Waals surface area contributed by atoms with Gasteiger partial charge in [0.1, 0.15) is 11.5 Å². The highest BCUT2D eigenvalue weighted by atomic mass is 35.5. The molecule has 4 aromatic rings. The van der Waals surface area contributed by atoms with E-state index < -0.39 is 5.91 Å². The summed E-state index contributed by atoms with van der Waals surface area (Å²) in [4.78, 5) is 24.5. The Labute approximate surface area is 187 Å². The summed E-state index contributed by atoms with van der Waals surface area (Å²) in [6.07, 6.45) is 3.02. The Bertz CT molecular complexity index is 1280. The summed E-state index contributed by atoms with van der Waals surface area (Å²) in [5, 5.41) is 17.5. The second-order valence-electron chi connectivity index (χ2n) is 6.66. The number of aromatic nitrogens is 4. The van der Waals surface area contributed by atoms with Crippen molar-refractivity contribution in [1.29, 1.82) is 0 Å². The highest BCUT2D eigenvalue weighted by Gasteiger charge is 2.21. The fraction of sp³-hybridized carbons (Fsp3) is 0.0455. The van der Waals surface area contributed by atoms with E-state index in [9.17, 15) is 9.59 Å². The molecule has 0 unspecified atom stereocenters. The third-order valence-electron chi connectivity index (χ3n) is 4.32. The lowest BCUT2D eigenvalue weighted by Gasteiger charge is -2.12. The number of furan rings is 1. The Morgan fingerprint density at radius 3 is 2.56 bits per heavy atom. The van der Waals surface area contributed by atoms with Crippen LogP contribution in [-0.2, 0) is 9.59 Å². The molecule has 0 aliphatic carbocycles. The SMILES string of the molecule is CC(=O)Nc1ccc(NC(=O)/C(=C\c2ccco2)n2nnnc2-c2ccccc2)c(Cl)c1. The molecular formula is C22H17ClN6O3. The summed E-state index contributed by atoms with van der Waals surface area (Å²) >= 11 is 6.31. The fourth-order valence-electron chi connectivity index (χ4n) is 2.93. The van der Waals surface area contributed by atoms with Gasteiger partial charge in [-0.3, -0.25) is 9.59 Å². The van der Waals surface area contributed by atoms with Crippen LogP contribution in [0.15, 0.2) is 71.3 Å². The van der Waals surface area contributed by atoms with Crippen LogP contribution < -0.4 is 10.6 Å². The third kappa shape index (κ3) is 4.73. The van der Waals surface area contributed by atoms with Crippen LogP contribution >= 0.6 is 11.6 Å². The van der Waals surface area contributed by atoms with Crippen LogP contribution in [0.1, 0.15) is 12.7 Å². The van der Waals surface area contributed by atoms with Crippen LogP contribution in [-0.4, -0.2) is 32.0 Å². The monoisotopic (exact) mass is 448 g/mol. The van der Waals surface area contributed by atoms with Gasteiger partial charge < -0.3 is 15.1 Å². The van der Waals surface area contributed by atoms with Crippen molar-refractivity contribution in [2.24, 2.45) is 0 Å². The molecule has 0 spiro atoms. The average Bonchev–Trinajstić information content (AvgIpc) is 3.46. The van der Waals surface area contributed by atoms with E-state index in [1.165, 1.54) is 23.9 Å². The Hall–Kier alpha value is -4.24. The molecule has 0 bridgehead atoms. The van der Waals surface area contributed by atoms with Gasteiger partial charge in [-0.15, -0.1) is 5.10 Å². The molecule has 2 amide bonds. The number of nitrogens with zero attached hydrogens (tertiary/aromatic N) is 4. The smallest absolute Gasteiger partial charge is 0.274 e. The standard InChI is InChI=1S/C22H17ClN6O3/c1-14(30)24-16-9-10-19(18(23)12-16)25-22(31)20(13-17-8-5-11-32-17)29-21(26-27-28-29)15-6-3-2-4-7-15/h2-13H,1H3,(H,24,30)(H,25,31)/b20-13+. The van der Waals surface area contributed by atoms with Gasteiger partial charge in [-0.1, -0.05) is 41.9 Å². The number of nitrogens with one attached hydrogen (secondary N) is 2. The molecule has 0 aliphatic heterocycles. The lowest BCUT2D eigenvalue weighted by atomic mass is 10.2. The zero-order valence-electron chi connectivity index (χ0n) is 16.8. The number of anilines is 2. The van der Waals surface area contributed by atoms with Gasteiger partial charge in [-0.25, -0.2) is 0 Å². The van der Waals surface area contributed by atoms with Crippen LogP contribution in [0.4, 0.5) is 11.4 Å². The Morgan fingerprint density at radius 1 is 1.06 bits per heavy atom. The quantitative estimate of drug-likeness (QED) is 0.427. The summed E-state index contributed by atoms with van der Waals surface area (Å²) < 4.78 is 6.71. The van der Waals surface area contributed by atoms with E-state index in [0.717, 1.165) is 5.56 Å². The highest BCUT2D eigenvalue weighted by Crippen LogP contribution is 2.27. The molecule has 0 fully saturated rings. The molecule has 4 rings (SSSR count). The maximum Gasteiger partial charge on any atom is 0.274 e. The molecule has 9 nitrogen and oxygen atoms in total. The predicted octanol–water partition coefficient (Wildman–Crippen LogP) is 4.18. The second kappa shape index (κ2) is 9.27.